The summed E-state index contributed by atoms with van der Waals surface area (Å²) in [4.78, 5) is 11.9. The highest BCUT2D eigenvalue weighted by atomic mass is 16.5. The number of benzene rings is 1. The standard InChI is InChI=1S/C14H19NO2/c1-2-13(11-6-4-3-5-7-11)17-14(16)12-8-9-15-10-12/h3-7,12-13,15H,2,8-10H2,1H3/t12?,13-/m0/s1. The van der Waals surface area contributed by atoms with Gasteiger partial charge < -0.3 is 10.1 Å². The molecule has 1 saturated heterocycles. The van der Waals surface area contributed by atoms with Crippen molar-refractivity contribution in [1.82, 2.24) is 5.32 Å². The van der Waals surface area contributed by atoms with Crippen LogP contribution in [0, 0.1) is 5.92 Å². The van der Waals surface area contributed by atoms with Gasteiger partial charge in [0.1, 0.15) is 6.10 Å². The average Bonchev–Trinajstić information content (AvgIpc) is 2.90. The smallest absolute Gasteiger partial charge is 0.310 e. The minimum Gasteiger partial charge on any atom is -0.457 e. The average molecular weight is 233 g/mol. The van der Waals surface area contributed by atoms with Crippen molar-refractivity contribution in [2.45, 2.75) is 25.9 Å². The van der Waals surface area contributed by atoms with Gasteiger partial charge in [-0.15, -0.1) is 0 Å². The highest BCUT2D eigenvalue weighted by Crippen LogP contribution is 2.23. The molecule has 0 aromatic heterocycles. The van der Waals surface area contributed by atoms with Gasteiger partial charge in [-0.25, -0.2) is 0 Å². The Kier molecular flexibility index (Phi) is 4.15. The molecule has 1 N–H and O–H groups in total. The van der Waals surface area contributed by atoms with Gasteiger partial charge in [0.05, 0.1) is 5.92 Å². The number of hydrogen-bond donors (Lipinski definition) is 1. The van der Waals surface area contributed by atoms with Crippen molar-refractivity contribution >= 4 is 5.97 Å². The molecule has 1 aliphatic rings. The first-order valence-corrected chi connectivity index (χ1v) is 6.27. The molecule has 1 heterocycles. The van der Waals surface area contributed by atoms with Gasteiger partial charge in [-0.3, -0.25) is 4.79 Å². The van der Waals surface area contributed by atoms with Gasteiger partial charge in [0, 0.05) is 6.54 Å². The Morgan fingerprint density at radius 3 is 2.82 bits per heavy atom. The Bertz CT molecular complexity index is 358. The van der Waals surface area contributed by atoms with Crippen molar-refractivity contribution in [2.24, 2.45) is 5.92 Å². The second kappa shape index (κ2) is 5.82. The van der Waals surface area contributed by atoms with Crippen LogP contribution in [0.1, 0.15) is 31.4 Å². The Morgan fingerprint density at radius 2 is 2.24 bits per heavy atom. The number of carbonyl (C=O) groups excluding carboxylic acids is 1. The van der Waals surface area contributed by atoms with Crippen molar-refractivity contribution in [2.75, 3.05) is 13.1 Å². The third-order valence-electron chi connectivity index (χ3n) is 3.19. The monoisotopic (exact) mass is 233 g/mol. The first kappa shape index (κ1) is 12.1. The summed E-state index contributed by atoms with van der Waals surface area (Å²) in [5, 5.41) is 3.18. The van der Waals surface area contributed by atoms with Crippen molar-refractivity contribution in [3.05, 3.63) is 35.9 Å². The van der Waals surface area contributed by atoms with Gasteiger partial charge in [-0.2, -0.15) is 0 Å². The van der Waals surface area contributed by atoms with Crippen molar-refractivity contribution in [3.8, 4) is 0 Å². The summed E-state index contributed by atoms with van der Waals surface area (Å²) >= 11 is 0. The van der Waals surface area contributed by atoms with Crippen LogP contribution >= 0.6 is 0 Å². The van der Waals surface area contributed by atoms with E-state index < -0.39 is 0 Å². The molecule has 1 fully saturated rings. The van der Waals surface area contributed by atoms with Gasteiger partial charge in [-0.1, -0.05) is 37.3 Å². The van der Waals surface area contributed by atoms with Gasteiger partial charge in [0.2, 0.25) is 0 Å². The lowest BCUT2D eigenvalue weighted by molar-refractivity contribution is -0.154. The van der Waals surface area contributed by atoms with Gasteiger partial charge in [-0.05, 0) is 24.9 Å². The summed E-state index contributed by atoms with van der Waals surface area (Å²) in [5.41, 5.74) is 1.08. The van der Waals surface area contributed by atoms with E-state index in [1.54, 1.807) is 0 Å². The van der Waals surface area contributed by atoms with Crippen molar-refractivity contribution in [1.29, 1.82) is 0 Å². The maximum atomic E-state index is 11.9. The molecule has 92 valence electrons. The summed E-state index contributed by atoms with van der Waals surface area (Å²) in [6.07, 6.45) is 1.60. The molecular formula is C14H19NO2. The van der Waals surface area contributed by atoms with E-state index >= 15 is 0 Å². The normalized spacial score (nSPS) is 21.1. The van der Waals surface area contributed by atoms with Crippen molar-refractivity contribution in [3.63, 3.8) is 0 Å². The predicted octanol–water partition coefficient (Wildman–Crippen LogP) is 2.29. The maximum Gasteiger partial charge on any atom is 0.310 e. The van der Waals surface area contributed by atoms with Gasteiger partial charge >= 0.3 is 5.97 Å². The number of carbonyl (C=O) groups is 1. The third kappa shape index (κ3) is 3.07. The summed E-state index contributed by atoms with van der Waals surface area (Å²) in [6, 6.07) is 9.94. The minimum atomic E-state index is -0.107. The van der Waals surface area contributed by atoms with E-state index in [-0.39, 0.29) is 18.0 Å². The molecule has 1 aliphatic heterocycles. The van der Waals surface area contributed by atoms with E-state index in [9.17, 15) is 4.79 Å². The topological polar surface area (TPSA) is 38.3 Å². The van der Waals surface area contributed by atoms with E-state index in [4.69, 9.17) is 4.74 Å². The summed E-state index contributed by atoms with van der Waals surface area (Å²) in [6.45, 7) is 3.71. The number of hydrogen-bond acceptors (Lipinski definition) is 3. The van der Waals surface area contributed by atoms with Crippen molar-refractivity contribution < 1.29 is 9.53 Å². The number of esters is 1. The van der Waals surface area contributed by atoms with Gasteiger partial charge in [0.15, 0.2) is 0 Å². The SMILES string of the molecule is CC[C@H](OC(=O)C1CCNC1)c1ccccc1. The maximum absolute atomic E-state index is 11.9. The molecule has 1 aromatic rings. The lowest BCUT2D eigenvalue weighted by atomic mass is 10.1. The van der Waals surface area contributed by atoms with Crippen LogP contribution in [0.4, 0.5) is 0 Å². The number of rotatable bonds is 4. The largest absolute Gasteiger partial charge is 0.457 e. The molecule has 17 heavy (non-hydrogen) atoms. The van der Waals surface area contributed by atoms with E-state index in [2.05, 4.69) is 5.32 Å². The van der Waals surface area contributed by atoms with Crippen LogP contribution in [0.3, 0.4) is 0 Å². The predicted molar refractivity (Wildman–Crippen MR) is 66.5 cm³/mol. The van der Waals surface area contributed by atoms with Crippen LogP contribution in [0.2, 0.25) is 0 Å². The Balaban J connectivity index is 1.97. The van der Waals surface area contributed by atoms with E-state index in [1.165, 1.54) is 0 Å². The highest BCUT2D eigenvalue weighted by Gasteiger charge is 2.26. The highest BCUT2D eigenvalue weighted by molar-refractivity contribution is 5.73. The minimum absolute atomic E-state index is 0.0350. The molecule has 0 amide bonds. The molecule has 0 saturated carbocycles. The fourth-order valence-electron chi connectivity index (χ4n) is 2.15. The molecule has 2 atom stereocenters. The van der Waals surface area contributed by atoms with Gasteiger partial charge in [0.25, 0.3) is 0 Å². The van der Waals surface area contributed by atoms with Crippen LogP contribution in [0.15, 0.2) is 30.3 Å². The van der Waals surface area contributed by atoms with E-state index in [0.29, 0.717) is 0 Å². The van der Waals surface area contributed by atoms with Crippen LogP contribution < -0.4 is 5.32 Å². The number of ether oxygens (including phenoxy) is 1. The molecule has 2 rings (SSSR count). The zero-order chi connectivity index (χ0) is 12.1. The number of nitrogens with one attached hydrogen (secondary N) is 1. The van der Waals surface area contributed by atoms with Crippen LogP contribution in [-0.2, 0) is 9.53 Å². The Morgan fingerprint density at radius 1 is 1.47 bits per heavy atom. The molecule has 3 nitrogen and oxygen atoms in total. The summed E-state index contributed by atoms with van der Waals surface area (Å²) in [5.74, 6) is -0.0292. The zero-order valence-corrected chi connectivity index (χ0v) is 10.2. The molecule has 0 bridgehead atoms. The van der Waals surface area contributed by atoms with E-state index in [1.807, 2.05) is 37.3 Å². The third-order valence-corrected chi connectivity index (χ3v) is 3.19. The first-order chi connectivity index (χ1) is 8.31. The molecule has 0 radical (unpaired) electrons. The zero-order valence-electron chi connectivity index (χ0n) is 10.2. The Labute approximate surface area is 102 Å². The van der Waals surface area contributed by atoms with E-state index in [0.717, 1.165) is 31.5 Å². The first-order valence-electron chi connectivity index (χ1n) is 6.27. The molecule has 3 heteroatoms. The molecule has 0 spiro atoms. The van der Waals surface area contributed by atoms with Crippen LogP contribution in [-0.4, -0.2) is 19.1 Å². The molecular weight excluding hydrogens is 214 g/mol. The molecule has 1 aromatic carbocycles. The quantitative estimate of drug-likeness (QED) is 0.811. The Hall–Kier alpha value is -1.35. The lowest BCUT2D eigenvalue weighted by Crippen LogP contribution is -2.22. The fraction of sp³-hybridized carbons (Fsp3) is 0.500. The van der Waals surface area contributed by atoms with Crippen LogP contribution in [0.5, 0.6) is 0 Å². The molecule has 0 aliphatic carbocycles. The molecule has 1 unspecified atom stereocenters. The lowest BCUT2D eigenvalue weighted by Gasteiger charge is -2.18. The second-order valence-electron chi connectivity index (χ2n) is 4.43. The summed E-state index contributed by atoms with van der Waals surface area (Å²) < 4.78 is 5.59. The summed E-state index contributed by atoms with van der Waals surface area (Å²) in [7, 11) is 0. The van der Waals surface area contributed by atoms with Crippen LogP contribution in [0.25, 0.3) is 0 Å². The second-order valence-corrected chi connectivity index (χ2v) is 4.43. The fourth-order valence-corrected chi connectivity index (χ4v) is 2.15.